The summed E-state index contributed by atoms with van der Waals surface area (Å²) < 4.78 is 31.6. The Labute approximate surface area is 184 Å². The van der Waals surface area contributed by atoms with E-state index in [2.05, 4.69) is 15.0 Å². The molecule has 0 aliphatic carbocycles. The first-order valence-corrected chi connectivity index (χ1v) is 9.92. The highest BCUT2D eigenvalue weighted by Gasteiger charge is 2.25. The number of hydrogen-bond acceptors (Lipinski definition) is 7. The number of rotatable bonds is 4. The number of ether oxygens (including phenoxy) is 3. The van der Waals surface area contributed by atoms with Gasteiger partial charge in [-0.15, -0.1) is 0 Å². The van der Waals surface area contributed by atoms with Gasteiger partial charge in [0.2, 0.25) is 5.88 Å². The van der Waals surface area contributed by atoms with Crippen molar-refractivity contribution in [2.75, 3.05) is 14.2 Å². The Bertz CT molecular complexity index is 1350. The smallest absolute Gasteiger partial charge is 0.320 e. The van der Waals surface area contributed by atoms with E-state index in [-0.39, 0.29) is 23.1 Å². The average Bonchev–Trinajstić information content (AvgIpc) is 2.77. The van der Waals surface area contributed by atoms with Gasteiger partial charge in [-0.25, -0.2) is 4.39 Å². The molecule has 0 saturated heterocycles. The summed E-state index contributed by atoms with van der Waals surface area (Å²) in [6, 6.07) is 10.7. The maximum absolute atomic E-state index is 15.7. The number of aromatic nitrogens is 3. The molecule has 0 aliphatic rings. The molecule has 7 nitrogen and oxygen atoms in total. The highest BCUT2D eigenvalue weighted by atomic mass is 19.1. The topological polar surface area (TPSA) is 83.4 Å². The standard InChI is InChI=1S/C24H22FN3O4/c1-24(2,3)22(29)32-14-10-13-8-6-7-9-15(13)16(11-14)19-18(25)20-17(12-26-19)21(30-4)28-23(27-20)31-5/h6-12H,1-5H3. The van der Waals surface area contributed by atoms with Gasteiger partial charge in [-0.05, 0) is 43.7 Å². The van der Waals surface area contributed by atoms with Crippen LogP contribution in [0, 0.1) is 11.2 Å². The Morgan fingerprint density at radius 3 is 2.44 bits per heavy atom. The minimum absolute atomic E-state index is 0.0138. The number of pyridine rings is 1. The van der Waals surface area contributed by atoms with Crippen molar-refractivity contribution in [3.05, 3.63) is 48.4 Å². The molecular formula is C24H22FN3O4. The largest absolute Gasteiger partial charge is 0.480 e. The first-order valence-electron chi connectivity index (χ1n) is 9.92. The first-order chi connectivity index (χ1) is 15.2. The Morgan fingerprint density at radius 2 is 1.75 bits per heavy atom. The molecule has 0 amide bonds. The van der Waals surface area contributed by atoms with Crippen molar-refractivity contribution in [2.45, 2.75) is 20.8 Å². The maximum Gasteiger partial charge on any atom is 0.320 e. The number of esters is 1. The van der Waals surface area contributed by atoms with Gasteiger partial charge in [0.25, 0.3) is 0 Å². The molecule has 0 bridgehead atoms. The third-order valence-corrected chi connectivity index (χ3v) is 4.92. The molecule has 2 aromatic heterocycles. The molecule has 0 radical (unpaired) electrons. The van der Waals surface area contributed by atoms with E-state index in [4.69, 9.17) is 14.2 Å². The van der Waals surface area contributed by atoms with Crippen LogP contribution in [0.5, 0.6) is 17.6 Å². The summed E-state index contributed by atoms with van der Waals surface area (Å²) in [4.78, 5) is 25.0. The fourth-order valence-corrected chi connectivity index (χ4v) is 3.24. The number of carbonyl (C=O) groups is 1. The molecule has 2 heterocycles. The van der Waals surface area contributed by atoms with E-state index in [9.17, 15) is 4.79 Å². The van der Waals surface area contributed by atoms with Gasteiger partial charge in [0.1, 0.15) is 17.0 Å². The average molecular weight is 435 g/mol. The van der Waals surface area contributed by atoms with Crippen LogP contribution in [0.4, 0.5) is 4.39 Å². The number of carbonyl (C=O) groups excluding carboxylic acids is 1. The van der Waals surface area contributed by atoms with Crippen molar-refractivity contribution in [1.82, 2.24) is 15.0 Å². The van der Waals surface area contributed by atoms with Gasteiger partial charge in [0.05, 0.1) is 25.0 Å². The molecule has 0 fully saturated rings. The van der Waals surface area contributed by atoms with Crippen molar-refractivity contribution in [3.63, 3.8) is 0 Å². The van der Waals surface area contributed by atoms with Crippen molar-refractivity contribution >= 4 is 27.6 Å². The van der Waals surface area contributed by atoms with Crippen molar-refractivity contribution in [2.24, 2.45) is 5.41 Å². The number of hydrogen-bond donors (Lipinski definition) is 0. The third kappa shape index (κ3) is 3.79. The Balaban J connectivity index is 1.96. The molecule has 164 valence electrons. The van der Waals surface area contributed by atoms with Gasteiger partial charge < -0.3 is 14.2 Å². The van der Waals surface area contributed by atoms with E-state index in [1.54, 1.807) is 32.9 Å². The summed E-state index contributed by atoms with van der Waals surface area (Å²) in [6.45, 7) is 5.30. The number of halogens is 1. The Kier molecular flexibility index (Phi) is 5.38. The van der Waals surface area contributed by atoms with Crippen LogP contribution >= 0.6 is 0 Å². The molecule has 0 atom stereocenters. The van der Waals surface area contributed by atoms with Crippen LogP contribution < -0.4 is 14.2 Å². The predicted molar refractivity (Wildman–Crippen MR) is 118 cm³/mol. The summed E-state index contributed by atoms with van der Waals surface area (Å²) >= 11 is 0. The molecule has 0 aliphatic heterocycles. The van der Waals surface area contributed by atoms with Crippen LogP contribution in [0.2, 0.25) is 0 Å². The Morgan fingerprint density at radius 1 is 1.00 bits per heavy atom. The van der Waals surface area contributed by atoms with Crippen LogP contribution in [-0.4, -0.2) is 35.1 Å². The number of benzene rings is 2. The molecule has 32 heavy (non-hydrogen) atoms. The summed E-state index contributed by atoms with van der Waals surface area (Å²) in [5.74, 6) is -0.598. The van der Waals surface area contributed by atoms with Crippen LogP contribution in [0.15, 0.2) is 42.6 Å². The second kappa shape index (κ2) is 8.03. The number of nitrogens with zero attached hydrogens (tertiary/aromatic N) is 3. The van der Waals surface area contributed by atoms with E-state index in [1.165, 1.54) is 20.4 Å². The van der Waals surface area contributed by atoms with Gasteiger partial charge in [0.15, 0.2) is 5.82 Å². The molecule has 4 rings (SSSR count). The van der Waals surface area contributed by atoms with Gasteiger partial charge >= 0.3 is 12.0 Å². The maximum atomic E-state index is 15.7. The van der Waals surface area contributed by atoms with E-state index >= 15 is 4.39 Å². The van der Waals surface area contributed by atoms with E-state index in [0.29, 0.717) is 16.7 Å². The van der Waals surface area contributed by atoms with Gasteiger partial charge in [-0.2, -0.15) is 9.97 Å². The van der Waals surface area contributed by atoms with Crippen LogP contribution in [0.1, 0.15) is 20.8 Å². The second-order valence-corrected chi connectivity index (χ2v) is 8.23. The van der Waals surface area contributed by atoms with Crippen LogP contribution in [0.25, 0.3) is 32.9 Å². The second-order valence-electron chi connectivity index (χ2n) is 8.23. The van der Waals surface area contributed by atoms with Crippen molar-refractivity contribution in [3.8, 4) is 28.9 Å². The summed E-state index contributed by atoms with van der Waals surface area (Å²) in [5.41, 5.74) is -0.150. The highest BCUT2D eigenvalue weighted by molar-refractivity contribution is 5.99. The number of methoxy groups -OCH3 is 2. The molecule has 0 N–H and O–H groups in total. The molecule has 0 spiro atoms. The van der Waals surface area contributed by atoms with Crippen LogP contribution in [0.3, 0.4) is 0 Å². The number of fused-ring (bicyclic) bond motifs is 2. The lowest BCUT2D eigenvalue weighted by molar-refractivity contribution is -0.142. The SMILES string of the molecule is COc1nc(OC)c2cnc(-c3cc(OC(=O)C(C)(C)C)cc4ccccc34)c(F)c2n1. The van der Waals surface area contributed by atoms with E-state index in [1.807, 2.05) is 24.3 Å². The minimum Gasteiger partial charge on any atom is -0.480 e. The fourth-order valence-electron chi connectivity index (χ4n) is 3.24. The zero-order valence-corrected chi connectivity index (χ0v) is 18.4. The quantitative estimate of drug-likeness (QED) is 0.331. The summed E-state index contributed by atoms with van der Waals surface area (Å²) in [5, 5.41) is 1.84. The molecular weight excluding hydrogens is 413 g/mol. The Hall–Kier alpha value is -3.81. The van der Waals surface area contributed by atoms with Crippen LogP contribution in [-0.2, 0) is 4.79 Å². The molecule has 4 aromatic rings. The summed E-state index contributed by atoms with van der Waals surface area (Å²) in [6.07, 6.45) is 1.45. The van der Waals surface area contributed by atoms with E-state index < -0.39 is 17.2 Å². The normalized spacial score (nSPS) is 11.6. The zero-order chi connectivity index (χ0) is 23.0. The lowest BCUT2D eigenvalue weighted by Crippen LogP contribution is -2.25. The van der Waals surface area contributed by atoms with Gasteiger partial charge in [-0.1, -0.05) is 24.3 Å². The van der Waals surface area contributed by atoms with Gasteiger partial charge in [0, 0.05) is 11.8 Å². The molecule has 0 unspecified atom stereocenters. The van der Waals surface area contributed by atoms with Gasteiger partial charge in [-0.3, -0.25) is 9.78 Å². The minimum atomic E-state index is -0.692. The molecule has 8 heteroatoms. The zero-order valence-electron chi connectivity index (χ0n) is 18.4. The first kappa shape index (κ1) is 21.4. The predicted octanol–water partition coefficient (Wildman–Crippen LogP) is 4.95. The van der Waals surface area contributed by atoms with Crippen molar-refractivity contribution in [1.29, 1.82) is 0 Å². The monoisotopic (exact) mass is 435 g/mol. The highest BCUT2D eigenvalue weighted by Crippen LogP contribution is 2.37. The fraction of sp³-hybridized carbons (Fsp3) is 0.250. The molecule has 0 saturated carbocycles. The molecule has 2 aromatic carbocycles. The summed E-state index contributed by atoms with van der Waals surface area (Å²) in [7, 11) is 2.81. The third-order valence-electron chi connectivity index (χ3n) is 4.92. The lowest BCUT2D eigenvalue weighted by atomic mass is 9.97. The van der Waals surface area contributed by atoms with Crippen molar-refractivity contribution < 1.29 is 23.4 Å². The van der Waals surface area contributed by atoms with E-state index in [0.717, 1.165) is 10.8 Å². The lowest BCUT2D eigenvalue weighted by Gasteiger charge is -2.17.